The van der Waals surface area contributed by atoms with E-state index >= 15 is 0 Å². The van der Waals surface area contributed by atoms with E-state index in [1.165, 1.54) is 0 Å². The van der Waals surface area contributed by atoms with Crippen molar-refractivity contribution in [3.8, 4) is 0 Å². The molecular weight excluding hydrogens is 206 g/mol. The van der Waals surface area contributed by atoms with Crippen LogP contribution in [0.15, 0.2) is 24.3 Å². The molecule has 88 valence electrons. The molecule has 1 saturated heterocycles. The summed E-state index contributed by atoms with van der Waals surface area (Å²) in [5.74, 6) is -0.680. The van der Waals surface area contributed by atoms with Crippen molar-refractivity contribution < 1.29 is 14.6 Å². The molecule has 1 fully saturated rings. The van der Waals surface area contributed by atoms with E-state index in [1.807, 2.05) is 38.1 Å². The third kappa shape index (κ3) is 2.04. The lowest BCUT2D eigenvalue weighted by Crippen LogP contribution is -2.23. The average Bonchev–Trinajstić information content (AvgIpc) is 2.54. The van der Waals surface area contributed by atoms with Gasteiger partial charge in [0, 0.05) is 11.3 Å². The number of ether oxygens (including phenoxy) is 2. The first-order valence-corrected chi connectivity index (χ1v) is 5.34. The number of hydrogen-bond acceptors (Lipinski definition) is 4. The number of rotatable bonds is 2. The highest BCUT2D eigenvalue weighted by Gasteiger charge is 2.42. The van der Waals surface area contributed by atoms with E-state index in [1.54, 1.807) is 0 Å². The van der Waals surface area contributed by atoms with Gasteiger partial charge < -0.3 is 20.3 Å². The highest BCUT2D eigenvalue weighted by molar-refractivity contribution is 5.48. The lowest BCUT2D eigenvalue weighted by molar-refractivity contribution is -0.149. The molecule has 0 aliphatic carbocycles. The Morgan fingerprint density at radius 3 is 2.62 bits per heavy atom. The van der Waals surface area contributed by atoms with Crippen LogP contribution in [0.4, 0.5) is 5.69 Å². The maximum absolute atomic E-state index is 9.28. The van der Waals surface area contributed by atoms with Crippen LogP contribution in [-0.4, -0.2) is 23.6 Å². The first-order valence-electron chi connectivity index (χ1n) is 5.34. The molecule has 4 nitrogen and oxygen atoms in total. The zero-order valence-electron chi connectivity index (χ0n) is 9.51. The monoisotopic (exact) mass is 223 g/mol. The molecule has 0 saturated carbocycles. The van der Waals surface area contributed by atoms with E-state index in [0.717, 1.165) is 5.56 Å². The Kier molecular flexibility index (Phi) is 2.88. The Labute approximate surface area is 95.0 Å². The van der Waals surface area contributed by atoms with Crippen molar-refractivity contribution in [1.29, 1.82) is 0 Å². The smallest absolute Gasteiger partial charge is 0.164 e. The van der Waals surface area contributed by atoms with Gasteiger partial charge in [-0.25, -0.2) is 0 Å². The summed E-state index contributed by atoms with van der Waals surface area (Å²) in [6.07, 6.45) is -0.666. The normalized spacial score (nSPS) is 28.2. The van der Waals surface area contributed by atoms with Crippen LogP contribution >= 0.6 is 0 Å². The SMILES string of the molecule is CC1(C)OC(CO)C(c2ccccc2N)O1. The van der Waals surface area contributed by atoms with Gasteiger partial charge >= 0.3 is 0 Å². The zero-order chi connectivity index (χ0) is 11.8. The van der Waals surface area contributed by atoms with Gasteiger partial charge in [0.05, 0.1) is 6.61 Å². The zero-order valence-corrected chi connectivity index (χ0v) is 9.51. The standard InChI is InChI=1S/C12H17NO3/c1-12(2)15-10(7-14)11(16-12)8-5-3-4-6-9(8)13/h3-6,10-11,14H,7,13H2,1-2H3. The van der Waals surface area contributed by atoms with Gasteiger partial charge in [0.2, 0.25) is 0 Å². The van der Waals surface area contributed by atoms with Crippen LogP contribution in [0.5, 0.6) is 0 Å². The van der Waals surface area contributed by atoms with Crippen molar-refractivity contribution in [3.05, 3.63) is 29.8 Å². The topological polar surface area (TPSA) is 64.7 Å². The molecule has 1 aliphatic heterocycles. The van der Waals surface area contributed by atoms with Gasteiger partial charge in [0.25, 0.3) is 0 Å². The van der Waals surface area contributed by atoms with Crippen molar-refractivity contribution in [2.75, 3.05) is 12.3 Å². The average molecular weight is 223 g/mol. The molecule has 0 aromatic heterocycles. The molecule has 1 heterocycles. The Morgan fingerprint density at radius 1 is 1.31 bits per heavy atom. The van der Waals surface area contributed by atoms with Crippen molar-refractivity contribution in [1.82, 2.24) is 0 Å². The van der Waals surface area contributed by atoms with Gasteiger partial charge in [0.15, 0.2) is 5.79 Å². The summed E-state index contributed by atoms with van der Waals surface area (Å²) < 4.78 is 11.3. The van der Waals surface area contributed by atoms with Crippen LogP contribution in [0.2, 0.25) is 0 Å². The molecule has 1 aliphatic rings. The molecule has 1 aromatic rings. The number of anilines is 1. The molecule has 2 atom stereocenters. The van der Waals surface area contributed by atoms with Gasteiger partial charge in [0.1, 0.15) is 12.2 Å². The molecule has 2 unspecified atom stereocenters. The highest BCUT2D eigenvalue weighted by atomic mass is 16.8. The highest BCUT2D eigenvalue weighted by Crippen LogP contribution is 2.39. The number of nitrogens with two attached hydrogens (primary N) is 1. The lowest BCUT2D eigenvalue weighted by Gasteiger charge is -2.18. The second-order valence-electron chi connectivity index (χ2n) is 4.41. The molecular formula is C12H17NO3. The molecule has 0 bridgehead atoms. The summed E-state index contributed by atoms with van der Waals surface area (Å²) in [5, 5.41) is 9.28. The molecule has 2 rings (SSSR count). The fourth-order valence-corrected chi connectivity index (χ4v) is 2.00. The Balaban J connectivity index is 2.30. The van der Waals surface area contributed by atoms with Gasteiger partial charge in [-0.3, -0.25) is 0 Å². The summed E-state index contributed by atoms with van der Waals surface area (Å²) in [6, 6.07) is 7.48. The van der Waals surface area contributed by atoms with Crippen molar-refractivity contribution in [2.24, 2.45) is 0 Å². The second kappa shape index (κ2) is 4.05. The van der Waals surface area contributed by atoms with Crippen molar-refractivity contribution in [2.45, 2.75) is 31.8 Å². The van der Waals surface area contributed by atoms with Crippen LogP contribution in [0.3, 0.4) is 0 Å². The molecule has 16 heavy (non-hydrogen) atoms. The lowest BCUT2D eigenvalue weighted by atomic mass is 10.0. The predicted octanol–water partition coefficient (Wildman–Crippen LogP) is 1.45. The third-order valence-electron chi connectivity index (χ3n) is 2.67. The number of nitrogen functional groups attached to an aromatic ring is 1. The molecule has 3 N–H and O–H groups in total. The number of para-hydroxylation sites is 1. The van der Waals surface area contributed by atoms with Crippen molar-refractivity contribution >= 4 is 5.69 Å². The Hall–Kier alpha value is -1.10. The molecule has 0 spiro atoms. The van der Waals surface area contributed by atoms with Crippen LogP contribution < -0.4 is 5.73 Å². The largest absolute Gasteiger partial charge is 0.398 e. The minimum atomic E-state index is -0.680. The molecule has 4 heteroatoms. The number of hydrogen-bond donors (Lipinski definition) is 2. The maximum atomic E-state index is 9.28. The molecule has 1 aromatic carbocycles. The Bertz CT molecular complexity index is 378. The van der Waals surface area contributed by atoms with Gasteiger partial charge in [-0.05, 0) is 19.9 Å². The van der Waals surface area contributed by atoms with E-state index in [-0.39, 0.29) is 18.8 Å². The summed E-state index contributed by atoms with van der Waals surface area (Å²) in [6.45, 7) is 3.58. The van der Waals surface area contributed by atoms with E-state index in [2.05, 4.69) is 0 Å². The number of aliphatic hydroxyl groups excluding tert-OH is 1. The van der Waals surface area contributed by atoms with Gasteiger partial charge in [-0.15, -0.1) is 0 Å². The van der Waals surface area contributed by atoms with Crippen LogP contribution in [-0.2, 0) is 9.47 Å². The molecule has 0 radical (unpaired) electrons. The fraction of sp³-hybridized carbons (Fsp3) is 0.500. The summed E-state index contributed by atoms with van der Waals surface area (Å²) in [7, 11) is 0. The molecule has 0 amide bonds. The van der Waals surface area contributed by atoms with Gasteiger partial charge in [-0.1, -0.05) is 18.2 Å². The summed E-state index contributed by atoms with van der Waals surface area (Å²) in [4.78, 5) is 0. The predicted molar refractivity (Wildman–Crippen MR) is 60.7 cm³/mol. The van der Waals surface area contributed by atoms with Crippen LogP contribution in [0.1, 0.15) is 25.5 Å². The number of aliphatic hydroxyl groups is 1. The maximum Gasteiger partial charge on any atom is 0.164 e. The van der Waals surface area contributed by atoms with Crippen molar-refractivity contribution in [3.63, 3.8) is 0 Å². The minimum absolute atomic E-state index is 0.0809. The van der Waals surface area contributed by atoms with Crippen LogP contribution in [0, 0.1) is 0 Å². The van der Waals surface area contributed by atoms with E-state index in [4.69, 9.17) is 15.2 Å². The van der Waals surface area contributed by atoms with E-state index in [0.29, 0.717) is 5.69 Å². The fourth-order valence-electron chi connectivity index (χ4n) is 2.00. The third-order valence-corrected chi connectivity index (χ3v) is 2.67. The second-order valence-corrected chi connectivity index (χ2v) is 4.41. The minimum Gasteiger partial charge on any atom is -0.398 e. The summed E-state index contributed by atoms with van der Waals surface area (Å²) in [5.41, 5.74) is 7.42. The quantitative estimate of drug-likeness (QED) is 0.745. The first kappa shape index (κ1) is 11.4. The number of benzene rings is 1. The van der Waals surface area contributed by atoms with Gasteiger partial charge in [-0.2, -0.15) is 0 Å². The first-order chi connectivity index (χ1) is 7.53. The van der Waals surface area contributed by atoms with Crippen LogP contribution in [0.25, 0.3) is 0 Å². The summed E-state index contributed by atoms with van der Waals surface area (Å²) >= 11 is 0. The van der Waals surface area contributed by atoms with E-state index < -0.39 is 5.79 Å². The Morgan fingerprint density at radius 2 is 2.00 bits per heavy atom. The van der Waals surface area contributed by atoms with E-state index in [9.17, 15) is 5.11 Å².